The molecule has 3 rings (SSSR count). The van der Waals surface area contributed by atoms with Gasteiger partial charge in [-0.15, -0.1) is 5.10 Å². The van der Waals surface area contributed by atoms with Crippen LogP contribution in [0.2, 0.25) is 0 Å². The van der Waals surface area contributed by atoms with Crippen LogP contribution in [0, 0.1) is 0 Å². The number of hydrogen-bond acceptors (Lipinski definition) is 5. The zero-order valence-corrected chi connectivity index (χ0v) is 10.3. The van der Waals surface area contributed by atoms with Gasteiger partial charge in [0.2, 0.25) is 0 Å². The average Bonchev–Trinajstić information content (AvgIpc) is 3.10. The van der Waals surface area contributed by atoms with Crippen molar-refractivity contribution < 1.29 is 0 Å². The van der Waals surface area contributed by atoms with Gasteiger partial charge in [-0.2, -0.15) is 5.10 Å². The van der Waals surface area contributed by atoms with Crippen LogP contribution in [0.15, 0.2) is 36.7 Å². The molecule has 96 valence electrons. The van der Waals surface area contributed by atoms with E-state index in [1.165, 1.54) is 5.56 Å². The van der Waals surface area contributed by atoms with E-state index in [1.54, 1.807) is 11.0 Å². The summed E-state index contributed by atoms with van der Waals surface area (Å²) in [5, 5.41) is 18.0. The summed E-state index contributed by atoms with van der Waals surface area (Å²) in [5.74, 6) is 1.57. The normalized spacial score (nSPS) is 10.7. The number of nitrogens with zero attached hydrogens (tertiary/aromatic N) is 6. The van der Waals surface area contributed by atoms with Gasteiger partial charge in [-0.1, -0.05) is 30.3 Å². The van der Waals surface area contributed by atoms with Crippen LogP contribution in [0.1, 0.15) is 17.2 Å². The molecule has 0 atom stereocenters. The first-order valence-corrected chi connectivity index (χ1v) is 6.05. The fraction of sp³-hybridized carbons (Fsp3) is 0.250. The molecule has 0 radical (unpaired) electrons. The molecule has 0 aliphatic rings. The SMILES string of the molecule is c1ccc(CCc2n[nH]c(Cn3cnnn3)n2)cc1. The van der Waals surface area contributed by atoms with Crippen molar-refractivity contribution in [2.45, 2.75) is 19.4 Å². The van der Waals surface area contributed by atoms with E-state index < -0.39 is 0 Å². The minimum Gasteiger partial charge on any atom is -0.261 e. The highest BCUT2D eigenvalue weighted by Crippen LogP contribution is 2.04. The largest absolute Gasteiger partial charge is 0.261 e. The van der Waals surface area contributed by atoms with Crippen LogP contribution in [0.5, 0.6) is 0 Å². The predicted molar refractivity (Wildman–Crippen MR) is 67.2 cm³/mol. The second-order valence-corrected chi connectivity index (χ2v) is 4.19. The molecule has 0 fully saturated rings. The van der Waals surface area contributed by atoms with Gasteiger partial charge in [0.1, 0.15) is 18.7 Å². The van der Waals surface area contributed by atoms with Crippen molar-refractivity contribution in [3.8, 4) is 0 Å². The van der Waals surface area contributed by atoms with Gasteiger partial charge >= 0.3 is 0 Å². The molecule has 0 saturated heterocycles. The smallest absolute Gasteiger partial charge is 0.151 e. The van der Waals surface area contributed by atoms with Crippen molar-refractivity contribution in [2.75, 3.05) is 0 Å². The van der Waals surface area contributed by atoms with Crippen LogP contribution in [0.3, 0.4) is 0 Å². The van der Waals surface area contributed by atoms with Crippen LogP contribution in [0.25, 0.3) is 0 Å². The molecule has 0 aliphatic carbocycles. The lowest BCUT2D eigenvalue weighted by Gasteiger charge is -1.97. The molecule has 1 aromatic carbocycles. The number of rotatable bonds is 5. The highest BCUT2D eigenvalue weighted by Gasteiger charge is 2.05. The van der Waals surface area contributed by atoms with Gasteiger partial charge in [-0.05, 0) is 22.4 Å². The van der Waals surface area contributed by atoms with E-state index in [1.807, 2.05) is 18.2 Å². The van der Waals surface area contributed by atoms with Gasteiger partial charge < -0.3 is 0 Å². The van der Waals surface area contributed by atoms with E-state index in [-0.39, 0.29) is 0 Å². The molecule has 0 spiro atoms. The quantitative estimate of drug-likeness (QED) is 0.722. The Bertz CT molecular complexity index is 615. The zero-order valence-electron chi connectivity index (χ0n) is 10.3. The van der Waals surface area contributed by atoms with Crippen molar-refractivity contribution in [2.24, 2.45) is 0 Å². The van der Waals surface area contributed by atoms with Crippen molar-refractivity contribution in [1.82, 2.24) is 35.4 Å². The number of hydrogen-bond donors (Lipinski definition) is 1. The molecule has 3 aromatic rings. The third kappa shape index (κ3) is 3.01. The molecule has 2 aromatic heterocycles. The molecule has 2 heterocycles. The van der Waals surface area contributed by atoms with E-state index >= 15 is 0 Å². The van der Waals surface area contributed by atoms with Crippen LogP contribution in [-0.4, -0.2) is 35.4 Å². The Hall–Kier alpha value is -2.57. The number of nitrogens with one attached hydrogen (secondary N) is 1. The van der Waals surface area contributed by atoms with Gasteiger partial charge in [0.15, 0.2) is 5.82 Å². The van der Waals surface area contributed by atoms with Crippen molar-refractivity contribution in [1.29, 1.82) is 0 Å². The summed E-state index contributed by atoms with van der Waals surface area (Å²) in [6, 6.07) is 10.3. The maximum absolute atomic E-state index is 4.42. The number of H-pyrrole nitrogens is 1. The molecule has 0 aliphatic heterocycles. The van der Waals surface area contributed by atoms with Gasteiger partial charge in [-0.25, -0.2) is 9.67 Å². The molecule has 19 heavy (non-hydrogen) atoms. The Morgan fingerprint density at radius 2 is 2.00 bits per heavy atom. The van der Waals surface area contributed by atoms with Crippen molar-refractivity contribution >= 4 is 0 Å². The van der Waals surface area contributed by atoms with E-state index in [4.69, 9.17) is 0 Å². The van der Waals surface area contributed by atoms with Crippen LogP contribution in [0.4, 0.5) is 0 Å². The second-order valence-electron chi connectivity index (χ2n) is 4.19. The third-order valence-corrected chi connectivity index (χ3v) is 2.76. The highest BCUT2D eigenvalue weighted by molar-refractivity contribution is 5.15. The van der Waals surface area contributed by atoms with Crippen LogP contribution in [-0.2, 0) is 19.4 Å². The predicted octanol–water partition coefficient (Wildman–Crippen LogP) is 0.625. The Kier molecular flexibility index (Phi) is 3.26. The fourth-order valence-corrected chi connectivity index (χ4v) is 1.82. The molecular weight excluding hydrogens is 242 g/mol. The maximum Gasteiger partial charge on any atom is 0.151 e. The Morgan fingerprint density at radius 1 is 1.11 bits per heavy atom. The summed E-state index contributed by atoms with van der Waals surface area (Å²) in [6.45, 7) is 0.505. The standard InChI is InChI=1S/C12H13N7/c1-2-4-10(5-3-1)6-7-11-14-12(16-15-11)8-19-9-13-17-18-19/h1-5,9H,6-8H2,(H,14,15,16). The summed E-state index contributed by atoms with van der Waals surface area (Å²) < 4.78 is 1.60. The highest BCUT2D eigenvalue weighted by atomic mass is 15.5. The number of aryl methyl sites for hydroxylation is 2. The molecule has 7 nitrogen and oxygen atoms in total. The number of aromatic amines is 1. The van der Waals surface area contributed by atoms with Crippen LogP contribution >= 0.6 is 0 Å². The first-order valence-electron chi connectivity index (χ1n) is 6.05. The van der Waals surface area contributed by atoms with Gasteiger partial charge in [0.25, 0.3) is 0 Å². The molecule has 0 saturated carbocycles. The molecule has 0 bridgehead atoms. The molecule has 0 unspecified atom stereocenters. The van der Waals surface area contributed by atoms with Crippen molar-refractivity contribution in [3.05, 3.63) is 53.9 Å². The maximum atomic E-state index is 4.42. The summed E-state index contributed by atoms with van der Waals surface area (Å²) in [7, 11) is 0. The lowest BCUT2D eigenvalue weighted by atomic mass is 10.1. The Labute approximate surface area is 109 Å². The second kappa shape index (κ2) is 5.38. The lowest BCUT2D eigenvalue weighted by Crippen LogP contribution is -2.02. The summed E-state index contributed by atoms with van der Waals surface area (Å²) in [4.78, 5) is 4.42. The summed E-state index contributed by atoms with van der Waals surface area (Å²) in [6.07, 6.45) is 3.30. The van der Waals surface area contributed by atoms with E-state index in [2.05, 4.69) is 42.8 Å². The van der Waals surface area contributed by atoms with Gasteiger partial charge in [0, 0.05) is 6.42 Å². The van der Waals surface area contributed by atoms with Gasteiger partial charge in [-0.3, -0.25) is 5.10 Å². The van der Waals surface area contributed by atoms with E-state index in [0.717, 1.165) is 24.5 Å². The zero-order chi connectivity index (χ0) is 12.9. The van der Waals surface area contributed by atoms with Crippen LogP contribution < -0.4 is 0 Å². The summed E-state index contributed by atoms with van der Waals surface area (Å²) in [5.41, 5.74) is 1.29. The van der Waals surface area contributed by atoms with Crippen molar-refractivity contribution in [3.63, 3.8) is 0 Å². The van der Waals surface area contributed by atoms with Gasteiger partial charge in [0.05, 0.1) is 0 Å². The molecule has 0 amide bonds. The first kappa shape index (κ1) is 11.5. The molecule has 7 heteroatoms. The number of aromatic nitrogens is 7. The third-order valence-electron chi connectivity index (χ3n) is 2.76. The molecule has 1 N–H and O–H groups in total. The monoisotopic (exact) mass is 255 g/mol. The van der Waals surface area contributed by atoms with E-state index in [9.17, 15) is 0 Å². The summed E-state index contributed by atoms with van der Waals surface area (Å²) >= 11 is 0. The minimum atomic E-state index is 0.505. The Balaban J connectivity index is 1.59. The average molecular weight is 255 g/mol. The lowest BCUT2D eigenvalue weighted by molar-refractivity contribution is 0.625. The molecular formula is C12H13N7. The topological polar surface area (TPSA) is 85.2 Å². The fourth-order valence-electron chi connectivity index (χ4n) is 1.82. The first-order chi connectivity index (χ1) is 9.40. The van der Waals surface area contributed by atoms with E-state index in [0.29, 0.717) is 6.54 Å². The number of benzene rings is 1. The Morgan fingerprint density at radius 3 is 2.79 bits per heavy atom. The number of tetrazole rings is 1. The minimum absolute atomic E-state index is 0.505.